The SMILES string of the molecule is CC(CCC(=O)O)CNc1cccc(C(N)=O)n1. The number of carbonyl (C=O) groups is 2. The van der Waals surface area contributed by atoms with Gasteiger partial charge in [0.15, 0.2) is 0 Å². The van der Waals surface area contributed by atoms with Gasteiger partial charge in [-0.2, -0.15) is 0 Å². The van der Waals surface area contributed by atoms with Gasteiger partial charge < -0.3 is 16.2 Å². The smallest absolute Gasteiger partial charge is 0.303 e. The molecule has 1 rings (SSSR count). The predicted molar refractivity (Wildman–Crippen MR) is 67.3 cm³/mol. The van der Waals surface area contributed by atoms with E-state index in [9.17, 15) is 9.59 Å². The number of rotatable bonds is 7. The number of nitrogens with one attached hydrogen (secondary N) is 1. The molecule has 1 heterocycles. The Morgan fingerprint density at radius 3 is 2.83 bits per heavy atom. The lowest BCUT2D eigenvalue weighted by Gasteiger charge is -2.12. The van der Waals surface area contributed by atoms with E-state index in [1.54, 1.807) is 18.2 Å². The van der Waals surface area contributed by atoms with Crippen LogP contribution >= 0.6 is 0 Å². The Balaban J connectivity index is 2.45. The van der Waals surface area contributed by atoms with Crippen LogP contribution in [0.25, 0.3) is 0 Å². The molecule has 0 bridgehead atoms. The molecule has 0 spiro atoms. The van der Waals surface area contributed by atoms with Gasteiger partial charge in [0.2, 0.25) is 0 Å². The number of carboxylic acids is 1. The Labute approximate surface area is 105 Å². The molecular weight excluding hydrogens is 234 g/mol. The zero-order valence-electron chi connectivity index (χ0n) is 10.2. The second-order valence-corrected chi connectivity index (χ2v) is 4.19. The molecule has 0 saturated carbocycles. The lowest BCUT2D eigenvalue weighted by atomic mass is 10.1. The molecule has 1 unspecified atom stereocenters. The van der Waals surface area contributed by atoms with E-state index in [2.05, 4.69) is 10.3 Å². The van der Waals surface area contributed by atoms with Crippen LogP contribution in [0.2, 0.25) is 0 Å². The Morgan fingerprint density at radius 1 is 1.50 bits per heavy atom. The van der Waals surface area contributed by atoms with E-state index in [-0.39, 0.29) is 18.0 Å². The van der Waals surface area contributed by atoms with Crippen molar-refractivity contribution in [1.82, 2.24) is 4.98 Å². The maximum Gasteiger partial charge on any atom is 0.303 e. The van der Waals surface area contributed by atoms with Crippen LogP contribution in [0.15, 0.2) is 18.2 Å². The van der Waals surface area contributed by atoms with Crippen LogP contribution in [0.5, 0.6) is 0 Å². The van der Waals surface area contributed by atoms with Crippen LogP contribution in [0.1, 0.15) is 30.3 Å². The number of carbonyl (C=O) groups excluding carboxylic acids is 1. The Bertz CT molecular complexity index is 434. The van der Waals surface area contributed by atoms with Crippen LogP contribution in [-0.4, -0.2) is 28.5 Å². The molecule has 4 N–H and O–H groups in total. The quantitative estimate of drug-likeness (QED) is 0.672. The Kier molecular flexibility index (Phi) is 5.10. The van der Waals surface area contributed by atoms with E-state index >= 15 is 0 Å². The molecule has 1 amide bonds. The van der Waals surface area contributed by atoms with Crippen molar-refractivity contribution in [1.29, 1.82) is 0 Å². The third-order valence-corrected chi connectivity index (χ3v) is 2.48. The van der Waals surface area contributed by atoms with Gasteiger partial charge in [0.1, 0.15) is 11.5 Å². The van der Waals surface area contributed by atoms with Crippen molar-refractivity contribution in [2.45, 2.75) is 19.8 Å². The van der Waals surface area contributed by atoms with Gasteiger partial charge >= 0.3 is 5.97 Å². The van der Waals surface area contributed by atoms with E-state index < -0.39 is 11.9 Å². The van der Waals surface area contributed by atoms with E-state index in [0.29, 0.717) is 18.8 Å². The van der Waals surface area contributed by atoms with Gasteiger partial charge in [-0.1, -0.05) is 13.0 Å². The molecular formula is C12H17N3O3. The summed E-state index contributed by atoms with van der Waals surface area (Å²) in [4.78, 5) is 25.4. The molecule has 1 atom stereocenters. The number of carboxylic acid groups (broad SMARTS) is 1. The van der Waals surface area contributed by atoms with Crippen LogP contribution in [0.4, 0.5) is 5.82 Å². The predicted octanol–water partition coefficient (Wildman–Crippen LogP) is 1.09. The maximum absolute atomic E-state index is 10.9. The van der Waals surface area contributed by atoms with Gasteiger partial charge in [0, 0.05) is 13.0 Å². The van der Waals surface area contributed by atoms with Gasteiger partial charge in [-0.05, 0) is 24.5 Å². The highest BCUT2D eigenvalue weighted by Gasteiger charge is 2.07. The number of amides is 1. The number of aliphatic carboxylic acids is 1. The van der Waals surface area contributed by atoms with E-state index in [4.69, 9.17) is 10.8 Å². The molecule has 0 saturated heterocycles. The lowest BCUT2D eigenvalue weighted by molar-refractivity contribution is -0.137. The fourth-order valence-corrected chi connectivity index (χ4v) is 1.42. The van der Waals surface area contributed by atoms with Crippen molar-refractivity contribution in [3.05, 3.63) is 23.9 Å². The second-order valence-electron chi connectivity index (χ2n) is 4.19. The minimum absolute atomic E-state index is 0.150. The van der Waals surface area contributed by atoms with Gasteiger partial charge in [0.05, 0.1) is 0 Å². The summed E-state index contributed by atoms with van der Waals surface area (Å²) in [5.41, 5.74) is 5.33. The van der Waals surface area contributed by atoms with Gasteiger partial charge in [0.25, 0.3) is 5.91 Å². The maximum atomic E-state index is 10.9. The third-order valence-electron chi connectivity index (χ3n) is 2.48. The average Bonchev–Trinajstić information content (AvgIpc) is 2.34. The van der Waals surface area contributed by atoms with Crippen LogP contribution < -0.4 is 11.1 Å². The van der Waals surface area contributed by atoms with Crippen molar-refractivity contribution < 1.29 is 14.7 Å². The zero-order chi connectivity index (χ0) is 13.5. The summed E-state index contributed by atoms with van der Waals surface area (Å²) in [5, 5.41) is 11.6. The normalized spacial score (nSPS) is 11.8. The molecule has 6 heteroatoms. The first-order chi connectivity index (χ1) is 8.49. The first-order valence-electron chi connectivity index (χ1n) is 5.71. The first kappa shape index (κ1) is 14.0. The molecule has 0 aliphatic rings. The Hall–Kier alpha value is -2.11. The third kappa shape index (κ3) is 4.82. The summed E-state index contributed by atoms with van der Waals surface area (Å²) in [7, 11) is 0. The van der Waals surface area contributed by atoms with Crippen molar-refractivity contribution in [3.63, 3.8) is 0 Å². The second kappa shape index (κ2) is 6.58. The fraction of sp³-hybridized carbons (Fsp3) is 0.417. The minimum atomic E-state index is -0.796. The van der Waals surface area contributed by atoms with E-state index in [0.717, 1.165) is 0 Å². The van der Waals surface area contributed by atoms with Gasteiger partial charge in [-0.3, -0.25) is 9.59 Å². The van der Waals surface area contributed by atoms with Crippen LogP contribution in [0, 0.1) is 5.92 Å². The number of aromatic nitrogens is 1. The molecule has 1 aromatic heterocycles. The van der Waals surface area contributed by atoms with Crippen molar-refractivity contribution in [2.75, 3.05) is 11.9 Å². The number of anilines is 1. The molecule has 6 nitrogen and oxygen atoms in total. The summed E-state index contributed by atoms with van der Waals surface area (Å²) >= 11 is 0. The zero-order valence-corrected chi connectivity index (χ0v) is 10.2. The number of nitrogens with two attached hydrogens (primary N) is 1. The summed E-state index contributed by atoms with van der Waals surface area (Å²) in [6.45, 7) is 2.55. The molecule has 1 aromatic rings. The van der Waals surface area contributed by atoms with E-state index in [1.807, 2.05) is 6.92 Å². The summed E-state index contributed by atoms with van der Waals surface area (Å²) in [6.07, 6.45) is 0.745. The molecule has 0 aromatic carbocycles. The molecule has 0 radical (unpaired) electrons. The topological polar surface area (TPSA) is 105 Å². The minimum Gasteiger partial charge on any atom is -0.481 e. The Morgan fingerprint density at radius 2 is 2.22 bits per heavy atom. The standard InChI is InChI=1S/C12H17N3O3/c1-8(5-6-11(16)17)7-14-10-4-2-3-9(15-10)12(13)18/h2-4,8H,5-7H2,1H3,(H2,13,18)(H,14,15)(H,16,17). The van der Waals surface area contributed by atoms with Crippen molar-refractivity contribution in [3.8, 4) is 0 Å². The molecule has 0 aliphatic carbocycles. The number of hydrogen-bond acceptors (Lipinski definition) is 4. The lowest BCUT2D eigenvalue weighted by Crippen LogP contribution is -2.16. The summed E-state index contributed by atoms with van der Waals surface area (Å²) < 4.78 is 0. The first-order valence-corrected chi connectivity index (χ1v) is 5.71. The fourth-order valence-electron chi connectivity index (χ4n) is 1.42. The van der Waals surface area contributed by atoms with Crippen LogP contribution in [-0.2, 0) is 4.79 Å². The summed E-state index contributed by atoms with van der Waals surface area (Å²) in [6, 6.07) is 4.97. The highest BCUT2D eigenvalue weighted by molar-refractivity contribution is 5.91. The highest BCUT2D eigenvalue weighted by Crippen LogP contribution is 2.09. The molecule has 18 heavy (non-hydrogen) atoms. The number of primary amides is 1. The summed E-state index contributed by atoms with van der Waals surface area (Å²) in [5.74, 6) is -0.595. The number of nitrogens with zero attached hydrogens (tertiary/aromatic N) is 1. The molecule has 98 valence electrons. The molecule has 0 fully saturated rings. The van der Waals surface area contributed by atoms with E-state index in [1.165, 1.54) is 0 Å². The van der Waals surface area contributed by atoms with Gasteiger partial charge in [-0.25, -0.2) is 4.98 Å². The number of hydrogen-bond donors (Lipinski definition) is 3. The van der Waals surface area contributed by atoms with Crippen molar-refractivity contribution >= 4 is 17.7 Å². The average molecular weight is 251 g/mol. The van der Waals surface area contributed by atoms with Crippen molar-refractivity contribution in [2.24, 2.45) is 11.7 Å². The number of pyridine rings is 1. The van der Waals surface area contributed by atoms with Crippen LogP contribution in [0.3, 0.4) is 0 Å². The monoisotopic (exact) mass is 251 g/mol. The molecule has 0 aliphatic heterocycles. The van der Waals surface area contributed by atoms with Gasteiger partial charge in [-0.15, -0.1) is 0 Å². The highest BCUT2D eigenvalue weighted by atomic mass is 16.4. The largest absolute Gasteiger partial charge is 0.481 e.